The molecule has 0 aliphatic rings. The van der Waals surface area contributed by atoms with Crippen molar-refractivity contribution in [1.29, 1.82) is 0 Å². The number of ether oxygens (including phenoxy) is 1. The van der Waals surface area contributed by atoms with Gasteiger partial charge in [0.25, 0.3) is 0 Å². The van der Waals surface area contributed by atoms with E-state index in [-0.39, 0.29) is 5.60 Å². The zero-order chi connectivity index (χ0) is 12.2. The molecule has 2 N–H and O–H groups in total. The van der Waals surface area contributed by atoms with Gasteiger partial charge in [0.15, 0.2) is 0 Å². The number of nitrogen functional groups attached to an aromatic ring is 1. The summed E-state index contributed by atoms with van der Waals surface area (Å²) in [7, 11) is 0. The van der Waals surface area contributed by atoms with Crippen LogP contribution in [0.15, 0.2) is 23.1 Å². The molecule has 1 aromatic carbocycles. The summed E-state index contributed by atoms with van der Waals surface area (Å²) in [5, 5.41) is 0. The highest BCUT2D eigenvalue weighted by Gasteiger charge is 2.09. The first-order valence-corrected chi connectivity index (χ1v) is 6.50. The van der Waals surface area contributed by atoms with Crippen molar-refractivity contribution in [2.24, 2.45) is 0 Å². The van der Waals surface area contributed by atoms with E-state index in [0.29, 0.717) is 0 Å². The highest BCUT2D eigenvalue weighted by molar-refractivity contribution is 7.99. The number of anilines is 1. The molecule has 1 rings (SSSR count). The Hall–Kier alpha value is -0.670. The molecule has 2 nitrogen and oxygen atoms in total. The molecule has 0 saturated heterocycles. The first-order valence-electron chi connectivity index (χ1n) is 5.51. The summed E-state index contributed by atoms with van der Waals surface area (Å²) in [6, 6.07) is 6.03. The third-order valence-electron chi connectivity index (χ3n) is 2.07. The van der Waals surface area contributed by atoms with E-state index in [9.17, 15) is 0 Å². The Morgan fingerprint density at radius 1 is 1.31 bits per heavy atom. The monoisotopic (exact) mass is 239 g/mol. The van der Waals surface area contributed by atoms with Crippen LogP contribution in [0, 0.1) is 6.92 Å². The molecule has 0 atom stereocenters. The van der Waals surface area contributed by atoms with Crippen LogP contribution in [0.1, 0.15) is 26.3 Å². The fourth-order valence-corrected chi connectivity index (χ4v) is 2.17. The van der Waals surface area contributed by atoms with Crippen molar-refractivity contribution in [2.75, 3.05) is 18.1 Å². The van der Waals surface area contributed by atoms with E-state index in [1.807, 2.05) is 23.9 Å². The normalized spacial score (nSPS) is 11.8. The Morgan fingerprint density at radius 3 is 2.56 bits per heavy atom. The molecule has 1 aromatic rings. The first kappa shape index (κ1) is 13.4. The Labute approximate surface area is 103 Å². The highest BCUT2D eigenvalue weighted by Crippen LogP contribution is 2.24. The topological polar surface area (TPSA) is 35.2 Å². The maximum absolute atomic E-state index is 5.71. The number of hydrogen-bond donors (Lipinski definition) is 1. The number of aryl methyl sites for hydroxylation is 1. The summed E-state index contributed by atoms with van der Waals surface area (Å²) >= 11 is 1.82. The Morgan fingerprint density at radius 2 is 2.00 bits per heavy atom. The maximum Gasteiger partial charge on any atom is 0.0598 e. The standard InChI is InChI=1S/C13H21NOS/c1-10-9-11(14)5-6-12(10)16-8-7-15-13(2,3)4/h5-6,9H,7-8,14H2,1-4H3. The summed E-state index contributed by atoms with van der Waals surface area (Å²) in [6.45, 7) is 9.09. The average Bonchev–Trinajstić information content (AvgIpc) is 2.13. The highest BCUT2D eigenvalue weighted by atomic mass is 32.2. The van der Waals surface area contributed by atoms with Gasteiger partial charge in [-0.1, -0.05) is 0 Å². The van der Waals surface area contributed by atoms with Crippen LogP contribution in [-0.2, 0) is 4.74 Å². The minimum Gasteiger partial charge on any atom is -0.399 e. The molecular formula is C13H21NOS. The summed E-state index contributed by atoms with van der Waals surface area (Å²) in [5.41, 5.74) is 7.72. The Balaban J connectivity index is 2.38. The number of hydrogen-bond acceptors (Lipinski definition) is 3. The number of benzene rings is 1. The average molecular weight is 239 g/mol. The SMILES string of the molecule is Cc1cc(N)ccc1SCCOC(C)(C)C. The fourth-order valence-electron chi connectivity index (χ4n) is 1.33. The van der Waals surface area contributed by atoms with Gasteiger partial charge in [0, 0.05) is 16.3 Å². The maximum atomic E-state index is 5.71. The molecule has 0 aliphatic heterocycles. The van der Waals surface area contributed by atoms with Crippen LogP contribution in [0.3, 0.4) is 0 Å². The van der Waals surface area contributed by atoms with Gasteiger partial charge in [0.2, 0.25) is 0 Å². The van der Waals surface area contributed by atoms with Crippen molar-refractivity contribution in [3.05, 3.63) is 23.8 Å². The molecule has 0 radical (unpaired) electrons. The van der Waals surface area contributed by atoms with Gasteiger partial charge < -0.3 is 10.5 Å². The van der Waals surface area contributed by atoms with Gasteiger partial charge in [0.1, 0.15) is 0 Å². The lowest BCUT2D eigenvalue weighted by molar-refractivity contribution is 0.00695. The molecule has 0 spiro atoms. The summed E-state index contributed by atoms with van der Waals surface area (Å²) in [5.74, 6) is 0.974. The van der Waals surface area contributed by atoms with Crippen molar-refractivity contribution in [3.63, 3.8) is 0 Å². The Kier molecular flexibility index (Phi) is 4.69. The van der Waals surface area contributed by atoms with E-state index in [2.05, 4.69) is 33.8 Å². The van der Waals surface area contributed by atoms with Crippen LogP contribution in [0.2, 0.25) is 0 Å². The van der Waals surface area contributed by atoms with Crippen LogP contribution in [0.4, 0.5) is 5.69 Å². The molecule has 0 heterocycles. The van der Waals surface area contributed by atoms with Gasteiger partial charge in [-0.15, -0.1) is 11.8 Å². The molecule has 0 saturated carbocycles. The second-order valence-electron chi connectivity index (χ2n) is 4.83. The minimum absolute atomic E-state index is 0.0449. The first-order chi connectivity index (χ1) is 7.38. The van der Waals surface area contributed by atoms with E-state index >= 15 is 0 Å². The van der Waals surface area contributed by atoms with Crippen LogP contribution in [-0.4, -0.2) is 18.0 Å². The van der Waals surface area contributed by atoms with Crippen molar-refractivity contribution >= 4 is 17.4 Å². The number of rotatable bonds is 4. The zero-order valence-electron chi connectivity index (χ0n) is 10.5. The zero-order valence-corrected chi connectivity index (χ0v) is 11.4. The summed E-state index contributed by atoms with van der Waals surface area (Å²) < 4.78 is 5.67. The minimum atomic E-state index is -0.0449. The van der Waals surface area contributed by atoms with Gasteiger partial charge in [-0.25, -0.2) is 0 Å². The van der Waals surface area contributed by atoms with Crippen molar-refractivity contribution in [2.45, 2.75) is 38.2 Å². The lowest BCUT2D eigenvalue weighted by atomic mass is 10.2. The van der Waals surface area contributed by atoms with E-state index in [4.69, 9.17) is 10.5 Å². The number of thioether (sulfide) groups is 1. The predicted octanol–water partition coefficient (Wildman–Crippen LogP) is 3.48. The summed E-state index contributed by atoms with van der Waals surface area (Å²) in [4.78, 5) is 1.28. The molecule has 0 aliphatic carbocycles. The number of nitrogens with two attached hydrogens (primary N) is 1. The molecule has 0 fully saturated rings. The lowest BCUT2D eigenvalue weighted by Crippen LogP contribution is -2.20. The smallest absolute Gasteiger partial charge is 0.0598 e. The van der Waals surface area contributed by atoms with Crippen LogP contribution < -0.4 is 5.73 Å². The van der Waals surface area contributed by atoms with E-state index in [0.717, 1.165) is 18.0 Å². The molecule has 0 aromatic heterocycles. The lowest BCUT2D eigenvalue weighted by Gasteiger charge is -2.19. The summed E-state index contributed by atoms with van der Waals surface area (Å²) in [6.07, 6.45) is 0. The Bertz CT molecular complexity index is 344. The predicted molar refractivity (Wildman–Crippen MR) is 72.0 cm³/mol. The molecule has 90 valence electrons. The van der Waals surface area contributed by atoms with Gasteiger partial charge in [-0.05, 0) is 51.5 Å². The molecule has 3 heteroatoms. The van der Waals surface area contributed by atoms with Crippen molar-refractivity contribution in [3.8, 4) is 0 Å². The fraction of sp³-hybridized carbons (Fsp3) is 0.538. The molecule has 0 bridgehead atoms. The van der Waals surface area contributed by atoms with Crippen LogP contribution in [0.25, 0.3) is 0 Å². The third kappa shape index (κ3) is 4.90. The second-order valence-corrected chi connectivity index (χ2v) is 5.97. The van der Waals surface area contributed by atoms with Gasteiger partial charge in [-0.2, -0.15) is 0 Å². The van der Waals surface area contributed by atoms with Crippen LogP contribution >= 0.6 is 11.8 Å². The largest absolute Gasteiger partial charge is 0.399 e. The van der Waals surface area contributed by atoms with Crippen molar-refractivity contribution < 1.29 is 4.74 Å². The molecular weight excluding hydrogens is 218 g/mol. The van der Waals surface area contributed by atoms with Gasteiger partial charge >= 0.3 is 0 Å². The molecule has 16 heavy (non-hydrogen) atoms. The van der Waals surface area contributed by atoms with Crippen LogP contribution in [0.5, 0.6) is 0 Å². The van der Waals surface area contributed by atoms with E-state index in [1.165, 1.54) is 10.5 Å². The van der Waals surface area contributed by atoms with E-state index in [1.54, 1.807) is 0 Å². The second kappa shape index (κ2) is 5.60. The van der Waals surface area contributed by atoms with E-state index < -0.39 is 0 Å². The quantitative estimate of drug-likeness (QED) is 0.496. The van der Waals surface area contributed by atoms with Crippen molar-refractivity contribution in [1.82, 2.24) is 0 Å². The third-order valence-corrected chi connectivity index (χ3v) is 3.21. The molecule has 0 unspecified atom stereocenters. The van der Waals surface area contributed by atoms with Gasteiger partial charge in [-0.3, -0.25) is 0 Å². The molecule has 0 amide bonds. The van der Waals surface area contributed by atoms with Gasteiger partial charge in [0.05, 0.1) is 12.2 Å².